The van der Waals surface area contributed by atoms with E-state index in [0.717, 1.165) is 6.92 Å². The molecule has 2 saturated heterocycles. The monoisotopic (exact) mass is 590 g/mol. The molecule has 12 atom stereocenters. The number of alkyl halides is 2. The lowest BCUT2D eigenvalue weighted by molar-refractivity contribution is -0.297. The van der Waals surface area contributed by atoms with Crippen LogP contribution in [-0.2, 0) is 38.1 Å². The van der Waals surface area contributed by atoms with Crippen LogP contribution in [0.2, 0.25) is 0 Å². The summed E-state index contributed by atoms with van der Waals surface area (Å²) < 4.78 is 52.8. The average molecular weight is 591 g/mol. The van der Waals surface area contributed by atoms with E-state index >= 15 is 0 Å². The second-order valence-electron chi connectivity index (χ2n) is 9.48. The Kier molecular flexibility index (Phi) is 16.8. The molecule has 2 heterocycles. The molecule has 2 aliphatic rings. The highest BCUT2D eigenvalue weighted by Crippen LogP contribution is 2.36. The van der Waals surface area contributed by atoms with Crippen molar-refractivity contribution in [3.8, 4) is 0 Å². The molecule has 0 spiro atoms. The summed E-state index contributed by atoms with van der Waals surface area (Å²) in [6.07, 6.45) is -14.3. The number of aliphatic hydroxyl groups excluding tert-OH is 5. The number of hydrogen-bond acceptors (Lipinski definition) is 13. The molecule has 6 unspecified atom stereocenters. The Balaban J connectivity index is 0.000000750. The largest absolute Gasteiger partial charge is 0.456 e. The Hall–Kier alpha value is -2.01. The van der Waals surface area contributed by atoms with Crippen LogP contribution in [0.4, 0.5) is 8.78 Å². The molecule has 2 aliphatic heterocycles. The van der Waals surface area contributed by atoms with Gasteiger partial charge in [-0.2, -0.15) is 0 Å². The lowest BCUT2D eigenvalue weighted by Gasteiger charge is -2.44. The van der Waals surface area contributed by atoms with Gasteiger partial charge in [0.25, 0.3) is 0 Å². The smallest absolute Gasteiger partial charge is 0.305 e. The molecule has 0 amide bonds. The molecule has 0 bridgehead atoms. The lowest BCUT2D eigenvalue weighted by atomic mass is 9.81. The number of ether oxygens (including phenoxy) is 5. The van der Waals surface area contributed by atoms with Crippen molar-refractivity contribution in [1.29, 1.82) is 0 Å². The van der Waals surface area contributed by atoms with Crippen molar-refractivity contribution in [3.05, 3.63) is 0 Å². The second kappa shape index (κ2) is 17.7. The summed E-state index contributed by atoms with van der Waals surface area (Å²) in [6, 6.07) is 0. The molecule has 0 aromatic carbocycles. The molecule has 236 valence electrons. The molecule has 0 aromatic rings. The zero-order chi connectivity index (χ0) is 30.0. The Labute approximate surface area is 232 Å². The van der Waals surface area contributed by atoms with E-state index in [4.69, 9.17) is 29.2 Å². The van der Waals surface area contributed by atoms with E-state index < -0.39 is 86.1 Å². The summed E-state index contributed by atoms with van der Waals surface area (Å²) in [4.78, 5) is 33.1. The first kappa shape index (κ1) is 38.0. The first-order chi connectivity index (χ1) is 18.2. The summed E-state index contributed by atoms with van der Waals surface area (Å²) in [5, 5.41) is 46.0. The third-order valence-corrected chi connectivity index (χ3v) is 6.42. The molecule has 15 heteroatoms. The quantitative estimate of drug-likeness (QED) is 0.177. The van der Waals surface area contributed by atoms with Crippen LogP contribution in [0, 0.1) is 11.8 Å². The van der Waals surface area contributed by atoms with Crippen molar-refractivity contribution in [2.75, 3.05) is 13.2 Å². The highest BCUT2D eigenvalue weighted by atomic mass is 19.1. The Morgan fingerprint density at radius 2 is 1.12 bits per heavy atom. The summed E-state index contributed by atoms with van der Waals surface area (Å²) in [6.45, 7) is 6.31. The van der Waals surface area contributed by atoms with Crippen molar-refractivity contribution < 1.29 is 72.4 Å². The summed E-state index contributed by atoms with van der Waals surface area (Å²) in [5.74, 6) is -2.42. The maximum Gasteiger partial charge on any atom is 0.305 e. The van der Waals surface area contributed by atoms with Gasteiger partial charge < -0.3 is 49.2 Å². The maximum atomic E-state index is 14.1. The van der Waals surface area contributed by atoms with E-state index in [0.29, 0.717) is 0 Å². The van der Waals surface area contributed by atoms with Gasteiger partial charge in [0.2, 0.25) is 12.6 Å². The SMILES string of the molecule is C.CC(=O)OC1OC([C@@H](F)CCO)[C@@H](C)[C@H](C)C1OC(C)=O.CC(=O)OC1OC([C@@H](F)CCO)[C@@H](O)[C@H](O)C1O. The molecule has 0 saturated carbocycles. The molecule has 0 aromatic heterocycles. The molecule has 40 heavy (non-hydrogen) atoms. The van der Waals surface area contributed by atoms with Gasteiger partial charge in [-0.05, 0) is 5.92 Å². The molecular formula is C25H44F2O13. The summed E-state index contributed by atoms with van der Waals surface area (Å²) in [5.41, 5.74) is 0. The minimum atomic E-state index is -1.76. The molecule has 2 fully saturated rings. The van der Waals surface area contributed by atoms with E-state index in [9.17, 15) is 38.5 Å². The number of halogens is 2. The maximum absolute atomic E-state index is 14.1. The normalized spacial score (nSPS) is 35.1. The van der Waals surface area contributed by atoms with Crippen molar-refractivity contribution >= 4 is 17.9 Å². The molecule has 5 N–H and O–H groups in total. The van der Waals surface area contributed by atoms with Gasteiger partial charge in [0.15, 0.2) is 6.10 Å². The van der Waals surface area contributed by atoms with Gasteiger partial charge in [-0.15, -0.1) is 0 Å². The van der Waals surface area contributed by atoms with Crippen molar-refractivity contribution in [2.45, 2.75) is 116 Å². The fourth-order valence-electron chi connectivity index (χ4n) is 4.24. The van der Waals surface area contributed by atoms with E-state index in [1.807, 2.05) is 0 Å². The number of hydrogen-bond donors (Lipinski definition) is 5. The van der Waals surface area contributed by atoms with Crippen LogP contribution >= 0.6 is 0 Å². The summed E-state index contributed by atoms with van der Waals surface area (Å²) >= 11 is 0. The molecule has 13 nitrogen and oxygen atoms in total. The topological polar surface area (TPSA) is 199 Å². The van der Waals surface area contributed by atoms with Gasteiger partial charge in [0.05, 0.1) is 6.10 Å². The number of aliphatic hydroxyl groups is 5. The number of carbonyl (C=O) groups is 3. The van der Waals surface area contributed by atoms with Crippen LogP contribution in [0.15, 0.2) is 0 Å². The van der Waals surface area contributed by atoms with E-state index in [1.54, 1.807) is 13.8 Å². The summed E-state index contributed by atoms with van der Waals surface area (Å²) in [7, 11) is 0. The Morgan fingerprint density at radius 3 is 1.57 bits per heavy atom. The van der Waals surface area contributed by atoms with Gasteiger partial charge >= 0.3 is 17.9 Å². The standard InChI is InChI=1S/C14H23FO6.C10H17FO7.CH4/c1-7-8(2)13(19-9(3)17)14(20-10(4)18)21-12(7)11(15)5-6-16;1-4(13)17-10-8(16)6(14)7(15)9(18-10)5(11)2-3-12;/h7-8,11-14,16H,5-6H2,1-4H3;5-10,12,14-16H,2-3H2,1H3;1H4/t7-,8-,11-,12?,13?,14?;5-,6-,7-,8?,9?,10?;/m00./s1. The fourth-order valence-corrected chi connectivity index (χ4v) is 4.24. The van der Waals surface area contributed by atoms with Crippen molar-refractivity contribution in [1.82, 2.24) is 0 Å². The van der Waals surface area contributed by atoms with E-state index in [-0.39, 0.29) is 38.7 Å². The predicted molar refractivity (Wildman–Crippen MR) is 133 cm³/mol. The van der Waals surface area contributed by atoms with Gasteiger partial charge in [-0.25, -0.2) is 8.78 Å². The van der Waals surface area contributed by atoms with Crippen molar-refractivity contribution in [2.24, 2.45) is 11.8 Å². The average Bonchev–Trinajstić information content (AvgIpc) is 2.84. The third kappa shape index (κ3) is 10.8. The highest BCUT2D eigenvalue weighted by molar-refractivity contribution is 5.67. The minimum Gasteiger partial charge on any atom is -0.456 e. The predicted octanol–water partition coefficient (Wildman–Crippen LogP) is -0.0875. The van der Waals surface area contributed by atoms with Gasteiger partial charge in [0.1, 0.15) is 36.8 Å². The van der Waals surface area contributed by atoms with Crippen LogP contribution in [0.25, 0.3) is 0 Å². The van der Waals surface area contributed by atoms with Gasteiger partial charge in [-0.1, -0.05) is 21.3 Å². The molecule has 0 aliphatic carbocycles. The van der Waals surface area contributed by atoms with E-state index in [2.05, 4.69) is 4.74 Å². The molecular weight excluding hydrogens is 546 g/mol. The van der Waals surface area contributed by atoms with Gasteiger partial charge in [0, 0.05) is 52.7 Å². The van der Waals surface area contributed by atoms with Crippen LogP contribution < -0.4 is 0 Å². The number of carbonyl (C=O) groups excluding carboxylic acids is 3. The van der Waals surface area contributed by atoms with Crippen LogP contribution in [0.1, 0.15) is 54.9 Å². The Bertz CT molecular complexity index is 788. The van der Waals surface area contributed by atoms with Crippen molar-refractivity contribution in [3.63, 3.8) is 0 Å². The van der Waals surface area contributed by atoms with Gasteiger partial charge in [-0.3, -0.25) is 14.4 Å². The number of rotatable bonds is 9. The molecule has 0 radical (unpaired) electrons. The van der Waals surface area contributed by atoms with Crippen LogP contribution in [0.3, 0.4) is 0 Å². The van der Waals surface area contributed by atoms with E-state index in [1.165, 1.54) is 13.8 Å². The third-order valence-electron chi connectivity index (χ3n) is 6.42. The van der Waals surface area contributed by atoms with Crippen LogP contribution in [-0.4, -0.2) is 118 Å². The molecule has 2 rings (SSSR count). The first-order valence-corrected chi connectivity index (χ1v) is 12.5. The zero-order valence-electron chi connectivity index (χ0n) is 22.5. The first-order valence-electron chi connectivity index (χ1n) is 12.5. The second-order valence-corrected chi connectivity index (χ2v) is 9.48. The van der Waals surface area contributed by atoms with Crippen LogP contribution in [0.5, 0.6) is 0 Å². The number of esters is 3. The highest BCUT2D eigenvalue weighted by Gasteiger charge is 2.49. The lowest BCUT2D eigenvalue weighted by Crippen LogP contribution is -2.60. The minimum absolute atomic E-state index is 0. The zero-order valence-corrected chi connectivity index (χ0v) is 22.5. The Morgan fingerprint density at radius 1 is 0.700 bits per heavy atom. The fraction of sp³-hybridized carbons (Fsp3) is 0.880.